The van der Waals surface area contributed by atoms with Gasteiger partial charge in [0.05, 0.1) is 6.61 Å². The number of aromatic nitrogens is 1. The molecule has 0 amide bonds. The van der Waals surface area contributed by atoms with Gasteiger partial charge in [-0.05, 0) is 31.4 Å². The molecule has 0 radical (unpaired) electrons. The van der Waals surface area contributed by atoms with Crippen LogP contribution in [0, 0.1) is 0 Å². The molecule has 0 bridgehead atoms. The average molecular weight is 235 g/mol. The van der Waals surface area contributed by atoms with Crippen molar-refractivity contribution in [1.82, 2.24) is 9.88 Å². The number of anilines is 1. The zero-order valence-corrected chi connectivity index (χ0v) is 10.4. The Balaban J connectivity index is 1.92. The van der Waals surface area contributed by atoms with Crippen LogP contribution in [-0.2, 0) is 6.54 Å². The van der Waals surface area contributed by atoms with Crippen LogP contribution in [-0.4, -0.2) is 40.7 Å². The van der Waals surface area contributed by atoms with E-state index in [0.717, 1.165) is 25.5 Å². The summed E-state index contributed by atoms with van der Waals surface area (Å²) < 4.78 is 0. The van der Waals surface area contributed by atoms with Crippen molar-refractivity contribution in [1.29, 1.82) is 0 Å². The highest BCUT2D eigenvalue weighted by Gasteiger charge is 2.28. The summed E-state index contributed by atoms with van der Waals surface area (Å²) >= 11 is 0. The molecule has 0 spiro atoms. The minimum Gasteiger partial charge on any atom is -0.395 e. The number of hydrogen-bond donors (Lipinski definition) is 2. The second-order valence-electron chi connectivity index (χ2n) is 4.51. The van der Waals surface area contributed by atoms with E-state index >= 15 is 0 Å². The Morgan fingerprint density at radius 1 is 1.47 bits per heavy atom. The third kappa shape index (κ3) is 3.68. The number of nitrogens with zero attached hydrogens (tertiary/aromatic N) is 2. The zero-order valence-electron chi connectivity index (χ0n) is 10.4. The fraction of sp³-hybridized carbons (Fsp3) is 0.615. The number of aliphatic hydroxyl groups excluding tert-OH is 1. The van der Waals surface area contributed by atoms with Gasteiger partial charge in [0.1, 0.15) is 5.82 Å². The Morgan fingerprint density at radius 2 is 2.29 bits per heavy atom. The Kier molecular flexibility index (Phi) is 4.34. The molecule has 4 heteroatoms. The smallest absolute Gasteiger partial charge is 0.125 e. The summed E-state index contributed by atoms with van der Waals surface area (Å²) in [6.45, 7) is 4.85. The van der Waals surface area contributed by atoms with E-state index in [-0.39, 0.29) is 6.61 Å². The van der Waals surface area contributed by atoms with E-state index in [0.29, 0.717) is 6.04 Å². The molecular weight excluding hydrogens is 214 g/mol. The van der Waals surface area contributed by atoms with Crippen LogP contribution in [0.25, 0.3) is 0 Å². The highest BCUT2D eigenvalue weighted by atomic mass is 16.3. The molecule has 0 aliphatic heterocycles. The van der Waals surface area contributed by atoms with Gasteiger partial charge in [-0.25, -0.2) is 4.98 Å². The molecule has 0 atom stereocenters. The molecule has 0 saturated heterocycles. The van der Waals surface area contributed by atoms with Gasteiger partial charge in [-0.1, -0.05) is 6.07 Å². The van der Waals surface area contributed by atoms with E-state index in [9.17, 15) is 0 Å². The molecule has 1 fully saturated rings. The minimum absolute atomic E-state index is 0.236. The minimum atomic E-state index is 0.236. The second kappa shape index (κ2) is 5.98. The number of aliphatic hydroxyl groups is 1. The van der Waals surface area contributed by atoms with Gasteiger partial charge >= 0.3 is 0 Å². The summed E-state index contributed by atoms with van der Waals surface area (Å²) in [5, 5.41) is 12.2. The molecule has 1 aromatic heterocycles. The number of rotatable bonds is 7. The molecule has 2 rings (SSSR count). The topological polar surface area (TPSA) is 48.4 Å². The van der Waals surface area contributed by atoms with Crippen LogP contribution < -0.4 is 5.32 Å². The lowest BCUT2D eigenvalue weighted by Gasteiger charge is -2.20. The van der Waals surface area contributed by atoms with Crippen LogP contribution in [0.2, 0.25) is 0 Å². The first kappa shape index (κ1) is 12.3. The van der Waals surface area contributed by atoms with Crippen molar-refractivity contribution < 1.29 is 5.11 Å². The van der Waals surface area contributed by atoms with Crippen molar-refractivity contribution in [3.05, 3.63) is 23.9 Å². The predicted octanol–water partition coefficient (Wildman–Crippen LogP) is 1.47. The maximum Gasteiger partial charge on any atom is 0.125 e. The van der Waals surface area contributed by atoms with Crippen LogP contribution >= 0.6 is 0 Å². The van der Waals surface area contributed by atoms with Gasteiger partial charge in [0.25, 0.3) is 0 Å². The molecule has 1 aliphatic carbocycles. The lowest BCUT2D eigenvalue weighted by molar-refractivity contribution is 0.183. The standard InChI is InChI=1S/C13H21N3O/c1-2-14-13-6-3-11(9-15-13)10-16(7-8-17)12-4-5-12/h3,6,9,12,17H,2,4-5,7-8,10H2,1H3,(H,14,15). The molecule has 4 nitrogen and oxygen atoms in total. The fourth-order valence-electron chi connectivity index (χ4n) is 2.00. The molecule has 17 heavy (non-hydrogen) atoms. The summed E-state index contributed by atoms with van der Waals surface area (Å²) in [4.78, 5) is 6.70. The average Bonchev–Trinajstić information content (AvgIpc) is 3.15. The van der Waals surface area contributed by atoms with E-state index in [2.05, 4.69) is 28.2 Å². The molecular formula is C13H21N3O. The highest BCUT2D eigenvalue weighted by Crippen LogP contribution is 2.27. The summed E-state index contributed by atoms with van der Waals surface area (Å²) in [5.74, 6) is 0.927. The van der Waals surface area contributed by atoms with Gasteiger partial charge in [-0.2, -0.15) is 0 Å². The van der Waals surface area contributed by atoms with Crippen molar-refractivity contribution in [3.63, 3.8) is 0 Å². The summed E-state index contributed by atoms with van der Waals surface area (Å²) in [6.07, 6.45) is 4.45. The largest absolute Gasteiger partial charge is 0.395 e. The molecule has 1 saturated carbocycles. The first-order chi connectivity index (χ1) is 8.33. The molecule has 1 aliphatic rings. The van der Waals surface area contributed by atoms with Crippen LogP contribution in [0.5, 0.6) is 0 Å². The third-order valence-electron chi connectivity index (χ3n) is 3.02. The van der Waals surface area contributed by atoms with Crippen molar-refractivity contribution in [2.45, 2.75) is 32.4 Å². The first-order valence-corrected chi connectivity index (χ1v) is 6.37. The van der Waals surface area contributed by atoms with Gasteiger partial charge in [0, 0.05) is 31.9 Å². The van der Waals surface area contributed by atoms with E-state index in [1.807, 2.05) is 12.3 Å². The monoisotopic (exact) mass is 235 g/mol. The fourth-order valence-corrected chi connectivity index (χ4v) is 2.00. The van der Waals surface area contributed by atoms with Crippen LogP contribution in [0.15, 0.2) is 18.3 Å². The maximum absolute atomic E-state index is 9.04. The second-order valence-corrected chi connectivity index (χ2v) is 4.51. The first-order valence-electron chi connectivity index (χ1n) is 6.37. The normalized spacial score (nSPS) is 15.2. The van der Waals surface area contributed by atoms with Gasteiger partial charge in [0.2, 0.25) is 0 Å². The van der Waals surface area contributed by atoms with E-state index in [1.54, 1.807) is 0 Å². The summed E-state index contributed by atoms with van der Waals surface area (Å²) in [5.41, 5.74) is 1.21. The van der Waals surface area contributed by atoms with Gasteiger partial charge in [-0.3, -0.25) is 4.90 Å². The number of pyridine rings is 1. The molecule has 1 heterocycles. The zero-order chi connectivity index (χ0) is 12.1. The molecule has 0 aromatic carbocycles. The van der Waals surface area contributed by atoms with Gasteiger partial charge < -0.3 is 10.4 Å². The Hall–Kier alpha value is -1.13. The van der Waals surface area contributed by atoms with E-state index in [1.165, 1.54) is 18.4 Å². The van der Waals surface area contributed by atoms with Crippen LogP contribution in [0.1, 0.15) is 25.3 Å². The van der Waals surface area contributed by atoms with Gasteiger partial charge in [-0.15, -0.1) is 0 Å². The molecule has 1 aromatic rings. The van der Waals surface area contributed by atoms with Crippen LogP contribution in [0.4, 0.5) is 5.82 Å². The van der Waals surface area contributed by atoms with Gasteiger partial charge in [0.15, 0.2) is 0 Å². The molecule has 94 valence electrons. The van der Waals surface area contributed by atoms with E-state index < -0.39 is 0 Å². The quantitative estimate of drug-likeness (QED) is 0.751. The third-order valence-corrected chi connectivity index (χ3v) is 3.02. The lowest BCUT2D eigenvalue weighted by Crippen LogP contribution is -2.28. The molecule has 0 unspecified atom stereocenters. The molecule has 2 N–H and O–H groups in total. The van der Waals surface area contributed by atoms with Crippen molar-refractivity contribution in [3.8, 4) is 0 Å². The number of hydrogen-bond acceptors (Lipinski definition) is 4. The predicted molar refractivity (Wildman–Crippen MR) is 68.9 cm³/mol. The Labute approximate surface area is 103 Å². The van der Waals surface area contributed by atoms with Crippen molar-refractivity contribution >= 4 is 5.82 Å². The Bertz CT molecular complexity index is 335. The summed E-state index contributed by atoms with van der Waals surface area (Å²) in [7, 11) is 0. The van der Waals surface area contributed by atoms with Crippen LogP contribution in [0.3, 0.4) is 0 Å². The SMILES string of the molecule is CCNc1ccc(CN(CCO)C2CC2)cn1. The number of nitrogens with one attached hydrogen (secondary N) is 1. The summed E-state index contributed by atoms with van der Waals surface area (Å²) in [6, 6.07) is 4.80. The van der Waals surface area contributed by atoms with Crippen molar-refractivity contribution in [2.24, 2.45) is 0 Å². The highest BCUT2D eigenvalue weighted by molar-refractivity contribution is 5.35. The maximum atomic E-state index is 9.04. The van der Waals surface area contributed by atoms with Crippen molar-refractivity contribution in [2.75, 3.05) is 25.0 Å². The van der Waals surface area contributed by atoms with E-state index in [4.69, 9.17) is 5.11 Å². The Morgan fingerprint density at radius 3 is 2.82 bits per heavy atom. The lowest BCUT2D eigenvalue weighted by atomic mass is 10.2.